The van der Waals surface area contributed by atoms with E-state index in [2.05, 4.69) is 26.3 Å². The number of carbonyl (C=O) groups is 2. The first-order valence-corrected chi connectivity index (χ1v) is 14.1. The van der Waals surface area contributed by atoms with Crippen LogP contribution in [0.4, 0.5) is 0 Å². The van der Waals surface area contributed by atoms with Crippen molar-refractivity contribution in [1.29, 1.82) is 0 Å². The summed E-state index contributed by atoms with van der Waals surface area (Å²) in [7, 11) is 0. The summed E-state index contributed by atoms with van der Waals surface area (Å²) >= 11 is 0. The summed E-state index contributed by atoms with van der Waals surface area (Å²) in [4.78, 5) is 25.2. The molecule has 0 spiro atoms. The third kappa shape index (κ3) is 11.3. The highest BCUT2D eigenvalue weighted by atomic mass is 16.5. The van der Waals surface area contributed by atoms with Crippen LogP contribution >= 0.6 is 0 Å². The van der Waals surface area contributed by atoms with E-state index in [1.54, 1.807) is 60.7 Å². The minimum atomic E-state index is -0.503. The Balaban J connectivity index is 1.34. The Kier molecular flexibility index (Phi) is 13.4. The van der Waals surface area contributed by atoms with Crippen molar-refractivity contribution in [3.63, 3.8) is 0 Å². The highest BCUT2D eigenvalue weighted by Gasteiger charge is 2.28. The summed E-state index contributed by atoms with van der Waals surface area (Å²) < 4.78 is 33.3. The monoisotopic (exact) mass is 576 g/mol. The van der Waals surface area contributed by atoms with Crippen molar-refractivity contribution in [1.82, 2.24) is 0 Å². The number of esters is 2. The van der Waals surface area contributed by atoms with Gasteiger partial charge in [0.15, 0.2) is 0 Å². The van der Waals surface area contributed by atoms with Gasteiger partial charge in [0.1, 0.15) is 28.8 Å². The van der Waals surface area contributed by atoms with Crippen molar-refractivity contribution in [2.24, 2.45) is 5.92 Å². The highest BCUT2D eigenvalue weighted by Crippen LogP contribution is 2.28. The number of hydrogen-bond acceptors (Lipinski definition) is 8. The Hall–Kier alpha value is -4.30. The van der Waals surface area contributed by atoms with Crippen molar-refractivity contribution < 1.29 is 38.0 Å². The molecule has 1 fully saturated rings. The van der Waals surface area contributed by atoms with E-state index in [1.807, 2.05) is 0 Å². The molecular formula is C34H40O8. The summed E-state index contributed by atoms with van der Waals surface area (Å²) in [5.74, 6) is 1.54. The Morgan fingerprint density at radius 1 is 0.690 bits per heavy atom. The number of rotatable bonds is 18. The molecule has 2 aromatic carbocycles. The van der Waals surface area contributed by atoms with Crippen LogP contribution in [0.25, 0.3) is 0 Å². The molecule has 0 radical (unpaired) electrons. The van der Waals surface area contributed by atoms with Crippen LogP contribution in [-0.2, 0) is 19.0 Å². The second-order valence-electron chi connectivity index (χ2n) is 9.74. The predicted molar refractivity (Wildman–Crippen MR) is 160 cm³/mol. The van der Waals surface area contributed by atoms with Crippen molar-refractivity contribution in [3.05, 3.63) is 104 Å². The molecule has 0 bridgehead atoms. The van der Waals surface area contributed by atoms with Crippen LogP contribution in [0.2, 0.25) is 0 Å². The van der Waals surface area contributed by atoms with Gasteiger partial charge in [-0.3, -0.25) is 4.79 Å². The number of ether oxygens (including phenoxy) is 6. The number of hydrogen-bond donors (Lipinski definition) is 0. The number of benzene rings is 2. The average molecular weight is 577 g/mol. The highest BCUT2D eigenvalue weighted by molar-refractivity contribution is 5.91. The van der Waals surface area contributed by atoms with Gasteiger partial charge in [0.2, 0.25) is 0 Å². The van der Waals surface area contributed by atoms with Crippen molar-refractivity contribution in [2.75, 3.05) is 26.4 Å². The summed E-state index contributed by atoms with van der Waals surface area (Å²) in [6, 6.07) is 13.1. The predicted octanol–water partition coefficient (Wildman–Crippen LogP) is 6.98. The molecule has 0 aliphatic heterocycles. The van der Waals surface area contributed by atoms with Gasteiger partial charge in [-0.25, -0.2) is 4.79 Å². The maximum absolute atomic E-state index is 12.7. The lowest BCUT2D eigenvalue weighted by Crippen LogP contribution is -2.29. The van der Waals surface area contributed by atoms with Gasteiger partial charge < -0.3 is 28.4 Å². The van der Waals surface area contributed by atoms with E-state index in [0.717, 1.165) is 19.3 Å². The molecule has 0 heterocycles. The molecule has 2 aromatic rings. The fraction of sp³-hybridized carbons (Fsp3) is 0.353. The minimum Gasteiger partial charge on any atom is -0.494 e. The fourth-order valence-electron chi connectivity index (χ4n) is 4.18. The zero-order chi connectivity index (χ0) is 30.2. The molecule has 0 N–H and O–H groups in total. The molecule has 0 amide bonds. The normalized spacial score (nSPS) is 16.0. The molecule has 3 rings (SSSR count). The third-order valence-electron chi connectivity index (χ3n) is 6.58. The van der Waals surface area contributed by atoms with E-state index >= 15 is 0 Å². The Morgan fingerprint density at radius 3 is 1.79 bits per heavy atom. The SMILES string of the molecule is C=CC(=C)OCCCOc1ccc(C(=O)Oc2ccc(OC(=O)C3CCC(OCCCOC(=C)C=C)CC3)cc2)cc1. The second kappa shape index (κ2) is 17.5. The third-order valence-corrected chi connectivity index (χ3v) is 6.58. The molecule has 8 heteroatoms. The molecular weight excluding hydrogens is 536 g/mol. The molecule has 1 aliphatic carbocycles. The van der Waals surface area contributed by atoms with E-state index in [0.29, 0.717) is 80.0 Å². The number of allylic oxidation sites excluding steroid dienone is 2. The second-order valence-corrected chi connectivity index (χ2v) is 9.74. The summed E-state index contributed by atoms with van der Waals surface area (Å²) in [5, 5.41) is 0. The van der Waals surface area contributed by atoms with Crippen molar-refractivity contribution in [3.8, 4) is 17.2 Å². The van der Waals surface area contributed by atoms with Crippen LogP contribution < -0.4 is 14.2 Å². The van der Waals surface area contributed by atoms with Crippen LogP contribution in [0, 0.1) is 5.92 Å². The Bertz CT molecular complexity index is 1190. The van der Waals surface area contributed by atoms with E-state index < -0.39 is 5.97 Å². The van der Waals surface area contributed by atoms with Crippen LogP contribution in [0.1, 0.15) is 48.9 Å². The van der Waals surface area contributed by atoms with Crippen LogP contribution in [-0.4, -0.2) is 44.5 Å². The first-order valence-electron chi connectivity index (χ1n) is 14.1. The fourth-order valence-corrected chi connectivity index (χ4v) is 4.18. The lowest BCUT2D eigenvalue weighted by molar-refractivity contribution is -0.141. The smallest absolute Gasteiger partial charge is 0.343 e. The average Bonchev–Trinajstić information content (AvgIpc) is 3.01. The Labute approximate surface area is 248 Å². The molecule has 1 aliphatic rings. The zero-order valence-electron chi connectivity index (χ0n) is 24.1. The van der Waals surface area contributed by atoms with Crippen LogP contribution in [0.5, 0.6) is 17.2 Å². The summed E-state index contributed by atoms with van der Waals surface area (Å²) in [5.41, 5.74) is 0.384. The van der Waals surface area contributed by atoms with Crippen molar-refractivity contribution >= 4 is 11.9 Å². The van der Waals surface area contributed by atoms with Gasteiger partial charge in [0.25, 0.3) is 0 Å². The topological polar surface area (TPSA) is 89.5 Å². The van der Waals surface area contributed by atoms with Crippen LogP contribution in [0.15, 0.2) is 98.5 Å². The standard InChI is InChI=1S/C34H40O8/c1-5-25(3)37-21-7-23-39-29-13-9-27(10-14-29)33(35)41-31-17-19-32(20-18-31)42-34(36)28-11-15-30(16-12-28)40-24-8-22-38-26(4)6-2/h5-6,9-10,13-14,17-20,28,30H,1-4,7-8,11-12,15-16,21-24H2. The van der Waals surface area contributed by atoms with Gasteiger partial charge in [0, 0.05) is 12.8 Å². The van der Waals surface area contributed by atoms with Gasteiger partial charge in [0.05, 0.1) is 44.0 Å². The largest absolute Gasteiger partial charge is 0.494 e. The first-order chi connectivity index (χ1) is 20.4. The van der Waals surface area contributed by atoms with Gasteiger partial charge in [-0.05, 0) is 86.4 Å². The molecule has 42 heavy (non-hydrogen) atoms. The molecule has 0 unspecified atom stereocenters. The zero-order valence-corrected chi connectivity index (χ0v) is 24.1. The van der Waals surface area contributed by atoms with E-state index in [1.165, 1.54) is 0 Å². The lowest BCUT2D eigenvalue weighted by Gasteiger charge is -2.27. The first kappa shape index (κ1) is 32.2. The lowest BCUT2D eigenvalue weighted by atomic mass is 9.87. The molecule has 8 nitrogen and oxygen atoms in total. The van der Waals surface area contributed by atoms with Gasteiger partial charge in [-0.2, -0.15) is 0 Å². The van der Waals surface area contributed by atoms with E-state index in [-0.39, 0.29) is 18.0 Å². The molecule has 0 aromatic heterocycles. The quantitative estimate of drug-likeness (QED) is 0.0618. The molecule has 0 saturated heterocycles. The molecule has 224 valence electrons. The maximum atomic E-state index is 12.7. The Morgan fingerprint density at radius 2 is 1.21 bits per heavy atom. The molecule has 1 saturated carbocycles. The summed E-state index contributed by atoms with van der Waals surface area (Å²) in [6.07, 6.45) is 7.77. The van der Waals surface area contributed by atoms with E-state index in [9.17, 15) is 9.59 Å². The van der Waals surface area contributed by atoms with Crippen molar-refractivity contribution in [2.45, 2.75) is 44.6 Å². The van der Waals surface area contributed by atoms with Gasteiger partial charge >= 0.3 is 11.9 Å². The van der Waals surface area contributed by atoms with Gasteiger partial charge in [-0.15, -0.1) is 0 Å². The van der Waals surface area contributed by atoms with Gasteiger partial charge in [-0.1, -0.05) is 26.3 Å². The van der Waals surface area contributed by atoms with Crippen LogP contribution in [0.3, 0.4) is 0 Å². The summed E-state index contributed by atoms with van der Waals surface area (Å²) in [6.45, 7) is 16.7. The number of carbonyl (C=O) groups excluding carboxylic acids is 2. The molecule has 0 atom stereocenters. The maximum Gasteiger partial charge on any atom is 0.343 e. The van der Waals surface area contributed by atoms with E-state index in [4.69, 9.17) is 28.4 Å². The minimum absolute atomic E-state index is 0.142.